The predicted molar refractivity (Wildman–Crippen MR) is 65.5 cm³/mol. The van der Waals surface area contributed by atoms with Crippen molar-refractivity contribution in [1.29, 1.82) is 0 Å². The van der Waals surface area contributed by atoms with Crippen molar-refractivity contribution < 1.29 is 21.6 Å². The minimum absolute atomic E-state index is 0.0419. The molecule has 0 unspecified atom stereocenters. The lowest BCUT2D eigenvalue weighted by Gasteiger charge is -1.98. The summed E-state index contributed by atoms with van der Waals surface area (Å²) in [5.41, 5.74) is 0. The van der Waals surface area contributed by atoms with Gasteiger partial charge in [0.15, 0.2) is 5.83 Å². The van der Waals surface area contributed by atoms with E-state index >= 15 is 0 Å². The Balaban J connectivity index is 2.16. The first-order valence-corrected chi connectivity index (χ1v) is 8.26. The number of hydrogen-bond donors (Lipinski definition) is 0. The Morgan fingerprint density at radius 3 is 2.59 bits per heavy atom. The molecule has 1 rings (SSSR count). The van der Waals surface area contributed by atoms with Crippen molar-refractivity contribution in [2.24, 2.45) is 4.40 Å². The van der Waals surface area contributed by atoms with Crippen molar-refractivity contribution in [2.75, 3.05) is 10.8 Å². The van der Waals surface area contributed by atoms with Gasteiger partial charge in [0.1, 0.15) is 9.46 Å². The molecule has 0 amide bonds. The number of rotatable bonds is 5. The Labute approximate surface area is 106 Å². The van der Waals surface area contributed by atoms with Crippen LogP contribution in [0.1, 0.15) is 19.3 Å². The zero-order chi connectivity index (χ0) is 12.9. The van der Waals surface area contributed by atoms with E-state index in [4.69, 9.17) is 0 Å². The Kier molecular flexibility index (Phi) is 5.87. The molecule has 0 fully saturated rings. The second kappa shape index (κ2) is 6.69. The topological polar surface area (TPSA) is 46.5 Å². The molecule has 3 nitrogen and oxygen atoms in total. The fourth-order valence-electron chi connectivity index (χ4n) is 0.995. The highest BCUT2D eigenvalue weighted by Crippen LogP contribution is 2.28. The zero-order valence-corrected chi connectivity index (χ0v) is 11.1. The van der Waals surface area contributed by atoms with E-state index in [1.54, 1.807) is 0 Å². The van der Waals surface area contributed by atoms with Crippen molar-refractivity contribution >= 4 is 37.9 Å². The van der Waals surface area contributed by atoms with E-state index in [9.17, 15) is 21.6 Å². The van der Waals surface area contributed by atoms with Gasteiger partial charge in [-0.2, -0.15) is 8.78 Å². The van der Waals surface area contributed by atoms with Crippen molar-refractivity contribution in [2.45, 2.75) is 19.3 Å². The lowest BCUT2D eigenvalue weighted by atomic mass is 10.2. The molecule has 1 aliphatic heterocycles. The van der Waals surface area contributed by atoms with E-state index in [0.29, 0.717) is 23.0 Å². The highest BCUT2D eigenvalue weighted by Gasteiger charge is 2.20. The summed E-state index contributed by atoms with van der Waals surface area (Å²) < 4.78 is 61.6. The average Bonchev–Trinajstić information content (AvgIpc) is 2.57. The van der Waals surface area contributed by atoms with Crippen molar-refractivity contribution in [1.82, 2.24) is 0 Å². The quantitative estimate of drug-likeness (QED) is 0.731. The fourth-order valence-corrected chi connectivity index (χ4v) is 5.07. The summed E-state index contributed by atoms with van der Waals surface area (Å²) in [5, 5.41) is -0.0419. The van der Waals surface area contributed by atoms with Crippen LogP contribution in [-0.2, 0) is 10.0 Å². The number of sulfonamides is 1. The summed E-state index contributed by atoms with van der Waals surface area (Å²) in [6.45, 7) is 0. The van der Waals surface area contributed by atoms with Gasteiger partial charge in [0.2, 0.25) is 0 Å². The first-order valence-electron chi connectivity index (χ1n) is 4.68. The third-order valence-electron chi connectivity index (χ3n) is 1.77. The van der Waals surface area contributed by atoms with Crippen LogP contribution in [0.5, 0.6) is 0 Å². The molecule has 0 aromatic rings. The molecule has 0 atom stereocenters. The standard InChI is InChI=1S/C8H10F3NO2S3/c9-6(7(10)11)3-1-2-4-15-8-12-17(13,14)5-16-8/h1-5H2. The molecule has 0 aromatic carbocycles. The Hall–Kier alpha value is -0.150. The molecule has 0 aliphatic carbocycles. The molecular formula is C8H10F3NO2S3. The maximum absolute atomic E-state index is 12.4. The molecule has 17 heavy (non-hydrogen) atoms. The number of hydrogen-bond acceptors (Lipinski definition) is 4. The smallest absolute Gasteiger partial charge is 0.206 e. The number of thioether (sulfide) groups is 2. The number of allylic oxidation sites excluding steroid dienone is 1. The van der Waals surface area contributed by atoms with Crippen molar-refractivity contribution in [3.8, 4) is 0 Å². The first kappa shape index (κ1) is 14.9. The van der Waals surface area contributed by atoms with E-state index in [2.05, 4.69) is 4.40 Å². The van der Waals surface area contributed by atoms with E-state index in [1.165, 1.54) is 11.8 Å². The van der Waals surface area contributed by atoms with Gasteiger partial charge in [0, 0.05) is 12.2 Å². The molecule has 0 spiro atoms. The highest BCUT2D eigenvalue weighted by molar-refractivity contribution is 8.43. The number of nitrogens with zero attached hydrogens (tertiary/aromatic N) is 1. The maximum atomic E-state index is 12.4. The molecule has 0 saturated heterocycles. The van der Waals surface area contributed by atoms with Gasteiger partial charge < -0.3 is 0 Å². The minimum atomic E-state index is -3.30. The second-order valence-corrected chi connectivity index (χ2v) is 7.48. The first-order chi connectivity index (χ1) is 7.91. The van der Waals surface area contributed by atoms with Crippen molar-refractivity contribution in [3.63, 3.8) is 0 Å². The van der Waals surface area contributed by atoms with Crippen molar-refractivity contribution in [3.05, 3.63) is 11.9 Å². The summed E-state index contributed by atoms with van der Waals surface area (Å²) in [5.74, 6) is -0.826. The van der Waals surface area contributed by atoms with Gasteiger partial charge in [-0.25, -0.2) is 12.8 Å². The molecule has 9 heteroatoms. The van der Waals surface area contributed by atoms with Crippen LogP contribution in [0.25, 0.3) is 0 Å². The molecule has 0 bridgehead atoms. The van der Waals surface area contributed by atoms with Crippen LogP contribution in [0.3, 0.4) is 0 Å². The van der Waals surface area contributed by atoms with Crippen LogP contribution >= 0.6 is 23.5 Å². The van der Waals surface area contributed by atoms with Gasteiger partial charge in [-0.3, -0.25) is 0 Å². The van der Waals surface area contributed by atoms with Crippen LogP contribution in [0.4, 0.5) is 13.2 Å². The predicted octanol–water partition coefficient (Wildman–Crippen LogP) is 3.36. The Bertz CT molecular complexity index is 429. The Morgan fingerprint density at radius 2 is 2.06 bits per heavy atom. The van der Waals surface area contributed by atoms with Gasteiger partial charge in [-0.15, -0.1) is 4.40 Å². The van der Waals surface area contributed by atoms with E-state index < -0.39 is 21.9 Å². The van der Waals surface area contributed by atoms with Crippen LogP contribution in [0, 0.1) is 0 Å². The largest absolute Gasteiger partial charge is 0.301 e. The van der Waals surface area contributed by atoms with E-state index in [0.717, 1.165) is 11.8 Å². The second-order valence-electron chi connectivity index (χ2n) is 3.17. The van der Waals surface area contributed by atoms with Gasteiger partial charge in [0.05, 0.1) is 0 Å². The molecule has 1 heterocycles. The third-order valence-corrected chi connectivity index (χ3v) is 6.00. The number of unbranched alkanes of at least 4 members (excludes halogenated alkanes) is 1. The summed E-state index contributed by atoms with van der Waals surface area (Å²) in [4.78, 5) is 0. The molecule has 98 valence electrons. The van der Waals surface area contributed by atoms with Gasteiger partial charge in [0.25, 0.3) is 10.0 Å². The average molecular weight is 305 g/mol. The summed E-state index contributed by atoms with van der Waals surface area (Å²) in [6.07, 6.45) is -1.70. The summed E-state index contributed by atoms with van der Waals surface area (Å²) in [7, 11) is -3.30. The summed E-state index contributed by atoms with van der Waals surface area (Å²) >= 11 is 2.39. The van der Waals surface area contributed by atoms with Gasteiger partial charge in [-0.05, 0) is 12.8 Å². The lowest BCUT2D eigenvalue weighted by molar-refractivity contribution is 0.368. The normalized spacial score (nSPS) is 17.9. The van der Waals surface area contributed by atoms with Crippen LogP contribution in [0.2, 0.25) is 0 Å². The minimum Gasteiger partial charge on any atom is -0.206 e. The van der Waals surface area contributed by atoms with E-state index in [1.807, 2.05) is 0 Å². The molecule has 0 N–H and O–H groups in total. The fraction of sp³-hybridized carbons (Fsp3) is 0.625. The van der Waals surface area contributed by atoms with Crippen LogP contribution in [0.15, 0.2) is 16.3 Å². The van der Waals surface area contributed by atoms with Gasteiger partial charge >= 0.3 is 6.08 Å². The van der Waals surface area contributed by atoms with Crippen LogP contribution < -0.4 is 0 Å². The molecule has 0 aromatic heterocycles. The van der Waals surface area contributed by atoms with Gasteiger partial charge in [-0.1, -0.05) is 23.5 Å². The third kappa shape index (κ3) is 5.82. The SMILES string of the molecule is O=S1(=O)CSC(SCCCCC(F)=C(F)F)=N1. The lowest BCUT2D eigenvalue weighted by Crippen LogP contribution is -1.90. The maximum Gasteiger partial charge on any atom is 0.301 e. The molecule has 0 radical (unpaired) electrons. The summed E-state index contributed by atoms with van der Waals surface area (Å²) in [6, 6.07) is 0. The molecule has 0 saturated carbocycles. The highest BCUT2D eigenvalue weighted by atomic mass is 32.3. The zero-order valence-electron chi connectivity index (χ0n) is 8.66. The monoisotopic (exact) mass is 305 g/mol. The Morgan fingerprint density at radius 1 is 1.35 bits per heavy atom. The van der Waals surface area contributed by atoms with E-state index in [-0.39, 0.29) is 11.5 Å². The molecule has 1 aliphatic rings. The van der Waals surface area contributed by atoms with Crippen LogP contribution in [-0.4, -0.2) is 23.6 Å². The molecular weight excluding hydrogens is 295 g/mol. The number of halogens is 3.